The molecule has 0 saturated heterocycles. The van der Waals surface area contributed by atoms with Gasteiger partial charge in [0.1, 0.15) is 0 Å². The Bertz CT molecular complexity index is 389. The van der Waals surface area contributed by atoms with Crippen molar-refractivity contribution >= 4 is 27.7 Å². The third-order valence-electron chi connectivity index (χ3n) is 2.13. The summed E-state index contributed by atoms with van der Waals surface area (Å²) in [5, 5.41) is 2.48. The fourth-order valence-corrected chi connectivity index (χ4v) is 1.61. The summed E-state index contributed by atoms with van der Waals surface area (Å²) in [6.07, 6.45) is 1.42. The second-order valence-corrected chi connectivity index (χ2v) is 3.82. The molecule has 0 spiro atoms. The van der Waals surface area contributed by atoms with Crippen LogP contribution in [-0.4, -0.2) is 36.9 Å². The highest BCUT2D eigenvalue weighted by molar-refractivity contribution is 9.10. The van der Waals surface area contributed by atoms with E-state index in [1.165, 1.54) is 18.2 Å². The molecule has 0 radical (unpaired) electrons. The minimum Gasteiger partial charge on any atom is -0.457 e. The molecule has 0 atom stereocenters. The molecule has 1 aromatic rings. The molecule has 0 aliphatic rings. The van der Waals surface area contributed by atoms with Crippen molar-refractivity contribution in [2.24, 2.45) is 0 Å². The summed E-state index contributed by atoms with van der Waals surface area (Å²) in [5.74, 6) is -0.429. The monoisotopic (exact) mass is 288 g/mol. The van der Waals surface area contributed by atoms with E-state index in [1.54, 1.807) is 6.07 Å². The Morgan fingerprint density at radius 2 is 2.25 bits per heavy atom. The summed E-state index contributed by atoms with van der Waals surface area (Å²) in [6, 6.07) is 1.57. The Labute approximate surface area is 102 Å². The third-order valence-corrected chi connectivity index (χ3v) is 2.74. The molecule has 6 heteroatoms. The van der Waals surface area contributed by atoms with Gasteiger partial charge >= 0.3 is 0 Å². The summed E-state index contributed by atoms with van der Waals surface area (Å²) in [6.45, 7) is 2.32. The zero-order chi connectivity index (χ0) is 12.1. The quantitative estimate of drug-likeness (QED) is 0.907. The van der Waals surface area contributed by atoms with Gasteiger partial charge in [0.15, 0.2) is 4.67 Å². The molecule has 1 rings (SSSR count). The first kappa shape index (κ1) is 12.8. The molecule has 0 unspecified atom stereocenters. The van der Waals surface area contributed by atoms with Crippen molar-refractivity contribution in [3.63, 3.8) is 0 Å². The normalized spacial score (nSPS) is 9.94. The number of hydrogen-bond acceptors (Lipinski definition) is 3. The number of halogens is 1. The average molecular weight is 289 g/mol. The molecule has 0 aliphatic heterocycles. The molecule has 16 heavy (non-hydrogen) atoms. The van der Waals surface area contributed by atoms with E-state index < -0.39 is 0 Å². The first-order chi connectivity index (χ1) is 7.60. The first-order valence-electron chi connectivity index (χ1n) is 4.83. The summed E-state index contributed by atoms with van der Waals surface area (Å²) in [5.41, 5.74) is 0.422. The molecule has 1 heterocycles. The zero-order valence-corrected chi connectivity index (χ0v) is 10.7. The summed E-state index contributed by atoms with van der Waals surface area (Å²) < 4.78 is 5.36. The van der Waals surface area contributed by atoms with Crippen molar-refractivity contribution in [3.05, 3.63) is 22.6 Å². The molecule has 5 nitrogen and oxygen atoms in total. The predicted octanol–water partition coefficient (Wildman–Crippen LogP) is 1.25. The van der Waals surface area contributed by atoms with Crippen molar-refractivity contribution < 1.29 is 14.0 Å². The fourth-order valence-electron chi connectivity index (χ4n) is 1.20. The number of furan rings is 1. The lowest BCUT2D eigenvalue weighted by molar-refractivity contribution is -0.121. The number of carbonyl (C=O) groups is 2. The van der Waals surface area contributed by atoms with Crippen LogP contribution in [0.3, 0.4) is 0 Å². The second kappa shape index (κ2) is 5.69. The molecular weight excluding hydrogens is 276 g/mol. The maximum absolute atomic E-state index is 12.0. The van der Waals surface area contributed by atoms with Gasteiger partial charge in [-0.1, -0.05) is 0 Å². The van der Waals surface area contributed by atoms with E-state index in [0.717, 1.165) is 0 Å². The van der Waals surface area contributed by atoms with Gasteiger partial charge in [-0.05, 0) is 28.9 Å². The Morgan fingerprint density at radius 3 is 2.69 bits per heavy atom. The van der Waals surface area contributed by atoms with Gasteiger partial charge in [0, 0.05) is 13.6 Å². The van der Waals surface area contributed by atoms with Crippen LogP contribution in [0.5, 0.6) is 0 Å². The maximum atomic E-state index is 12.0. The molecule has 0 aromatic carbocycles. The number of carbonyl (C=O) groups excluding carboxylic acids is 2. The topological polar surface area (TPSA) is 62.6 Å². The number of rotatable bonds is 4. The van der Waals surface area contributed by atoms with Crippen molar-refractivity contribution in [3.8, 4) is 0 Å². The van der Waals surface area contributed by atoms with Crippen LogP contribution >= 0.6 is 15.9 Å². The smallest absolute Gasteiger partial charge is 0.258 e. The van der Waals surface area contributed by atoms with Gasteiger partial charge in [-0.15, -0.1) is 0 Å². The van der Waals surface area contributed by atoms with Gasteiger partial charge in [0.25, 0.3) is 5.91 Å². The Morgan fingerprint density at radius 1 is 1.56 bits per heavy atom. The van der Waals surface area contributed by atoms with E-state index in [2.05, 4.69) is 21.2 Å². The van der Waals surface area contributed by atoms with E-state index in [4.69, 9.17) is 4.42 Å². The second-order valence-electron chi connectivity index (χ2n) is 3.10. The van der Waals surface area contributed by atoms with Gasteiger partial charge in [0.2, 0.25) is 5.91 Å². The van der Waals surface area contributed by atoms with Gasteiger partial charge in [-0.2, -0.15) is 0 Å². The number of likely N-dealkylation sites (N-methyl/N-ethyl adjacent to an activating group) is 2. The molecule has 0 fully saturated rings. The molecule has 0 bridgehead atoms. The van der Waals surface area contributed by atoms with E-state index in [9.17, 15) is 9.59 Å². The lowest BCUT2D eigenvalue weighted by Gasteiger charge is -2.19. The Balaban J connectivity index is 2.78. The molecule has 1 aromatic heterocycles. The Kier molecular flexibility index (Phi) is 4.54. The van der Waals surface area contributed by atoms with Crippen LogP contribution < -0.4 is 5.32 Å². The number of hydrogen-bond donors (Lipinski definition) is 1. The van der Waals surface area contributed by atoms with Crippen LogP contribution in [0.25, 0.3) is 0 Å². The average Bonchev–Trinajstić information content (AvgIpc) is 2.71. The number of nitrogens with zero attached hydrogens (tertiary/aromatic N) is 1. The standard InChI is InChI=1S/C10H13BrN2O3/c1-3-13(6-8(14)12-2)10(15)7-4-5-16-9(7)11/h4-5H,3,6H2,1-2H3,(H,12,14). The van der Waals surface area contributed by atoms with Gasteiger partial charge in [-0.25, -0.2) is 0 Å². The van der Waals surface area contributed by atoms with Crippen molar-refractivity contribution in [2.45, 2.75) is 6.92 Å². The SMILES string of the molecule is CCN(CC(=O)NC)C(=O)c1ccoc1Br. The first-order valence-corrected chi connectivity index (χ1v) is 5.62. The maximum Gasteiger partial charge on any atom is 0.258 e. The predicted molar refractivity (Wildman–Crippen MR) is 62.1 cm³/mol. The lowest BCUT2D eigenvalue weighted by Crippen LogP contribution is -2.39. The van der Waals surface area contributed by atoms with Crippen LogP contribution in [0.1, 0.15) is 17.3 Å². The third kappa shape index (κ3) is 2.85. The van der Waals surface area contributed by atoms with E-state index >= 15 is 0 Å². The summed E-state index contributed by atoms with van der Waals surface area (Å²) in [4.78, 5) is 24.6. The molecule has 1 N–H and O–H groups in total. The fraction of sp³-hybridized carbons (Fsp3) is 0.400. The lowest BCUT2D eigenvalue weighted by atomic mass is 10.3. The summed E-state index contributed by atoms with van der Waals surface area (Å²) in [7, 11) is 1.54. The molecule has 0 saturated carbocycles. The van der Waals surface area contributed by atoms with Crippen LogP contribution in [0.15, 0.2) is 21.4 Å². The minimum atomic E-state index is -0.230. The Hall–Kier alpha value is -1.30. The van der Waals surface area contributed by atoms with Gasteiger partial charge in [0.05, 0.1) is 18.4 Å². The highest BCUT2D eigenvalue weighted by atomic mass is 79.9. The molecular formula is C10H13BrN2O3. The van der Waals surface area contributed by atoms with Crippen molar-refractivity contribution in [1.29, 1.82) is 0 Å². The van der Waals surface area contributed by atoms with Crippen molar-refractivity contribution in [2.75, 3.05) is 20.1 Å². The molecule has 2 amide bonds. The number of amides is 2. The van der Waals surface area contributed by atoms with Crippen LogP contribution in [0, 0.1) is 0 Å². The van der Waals surface area contributed by atoms with E-state index in [1.807, 2.05) is 6.92 Å². The minimum absolute atomic E-state index is 0.0451. The van der Waals surface area contributed by atoms with Crippen molar-refractivity contribution in [1.82, 2.24) is 10.2 Å². The van der Waals surface area contributed by atoms with E-state index in [-0.39, 0.29) is 18.4 Å². The highest BCUT2D eigenvalue weighted by Crippen LogP contribution is 2.19. The van der Waals surface area contributed by atoms with Crippen LogP contribution in [-0.2, 0) is 4.79 Å². The van der Waals surface area contributed by atoms with Gasteiger partial charge < -0.3 is 14.6 Å². The summed E-state index contributed by atoms with van der Waals surface area (Å²) >= 11 is 3.13. The van der Waals surface area contributed by atoms with E-state index in [0.29, 0.717) is 16.8 Å². The van der Waals surface area contributed by atoms with Crippen LogP contribution in [0.2, 0.25) is 0 Å². The molecule has 88 valence electrons. The molecule has 0 aliphatic carbocycles. The largest absolute Gasteiger partial charge is 0.457 e. The number of nitrogens with one attached hydrogen (secondary N) is 1. The highest BCUT2D eigenvalue weighted by Gasteiger charge is 2.20. The zero-order valence-electron chi connectivity index (χ0n) is 9.12. The van der Waals surface area contributed by atoms with Gasteiger partial charge in [-0.3, -0.25) is 9.59 Å². The van der Waals surface area contributed by atoms with Crippen LogP contribution in [0.4, 0.5) is 0 Å².